The highest BCUT2D eigenvalue weighted by Gasteiger charge is 2.19. The first-order valence-electron chi connectivity index (χ1n) is 5.75. The van der Waals surface area contributed by atoms with E-state index in [1.807, 2.05) is 6.07 Å². The maximum Gasteiger partial charge on any atom is 0.127 e. The topological polar surface area (TPSA) is 27.0 Å². The van der Waals surface area contributed by atoms with E-state index in [-0.39, 0.29) is 11.7 Å². The van der Waals surface area contributed by atoms with Crippen LogP contribution in [0, 0.1) is 23.1 Å². The van der Waals surface area contributed by atoms with Crippen molar-refractivity contribution in [2.45, 2.75) is 19.4 Å². The lowest BCUT2D eigenvalue weighted by Crippen LogP contribution is -2.33. The SMILES string of the molecule is N#CC1CCN(Cc2cc(Br)ccc2F)CC1. The Balaban J connectivity index is 1.98. The van der Waals surface area contributed by atoms with Crippen LogP contribution in [0.2, 0.25) is 0 Å². The molecule has 1 saturated heterocycles. The molecule has 0 atom stereocenters. The molecule has 0 spiro atoms. The summed E-state index contributed by atoms with van der Waals surface area (Å²) in [7, 11) is 0. The lowest BCUT2D eigenvalue weighted by Gasteiger charge is -2.29. The highest BCUT2D eigenvalue weighted by atomic mass is 79.9. The number of piperidine rings is 1. The van der Waals surface area contributed by atoms with Gasteiger partial charge in [0.05, 0.1) is 6.07 Å². The van der Waals surface area contributed by atoms with Gasteiger partial charge in [0, 0.05) is 22.5 Å². The molecule has 1 aromatic carbocycles. The first kappa shape index (κ1) is 12.5. The molecule has 0 N–H and O–H groups in total. The molecule has 1 fully saturated rings. The maximum absolute atomic E-state index is 13.6. The van der Waals surface area contributed by atoms with Crippen molar-refractivity contribution in [1.29, 1.82) is 5.26 Å². The summed E-state index contributed by atoms with van der Waals surface area (Å²) in [5, 5.41) is 8.81. The first-order chi connectivity index (χ1) is 8.19. The van der Waals surface area contributed by atoms with E-state index in [0.717, 1.165) is 36.0 Å². The van der Waals surface area contributed by atoms with Gasteiger partial charge < -0.3 is 0 Å². The van der Waals surface area contributed by atoms with Crippen molar-refractivity contribution >= 4 is 15.9 Å². The minimum Gasteiger partial charge on any atom is -0.299 e. The Bertz CT molecular complexity index is 434. The van der Waals surface area contributed by atoms with Gasteiger partial charge in [-0.05, 0) is 44.1 Å². The van der Waals surface area contributed by atoms with E-state index >= 15 is 0 Å². The second-order valence-electron chi connectivity index (χ2n) is 4.42. The molecule has 1 aromatic rings. The van der Waals surface area contributed by atoms with E-state index in [4.69, 9.17) is 5.26 Å². The third-order valence-corrected chi connectivity index (χ3v) is 3.67. The molecule has 17 heavy (non-hydrogen) atoms. The molecule has 2 rings (SSSR count). The Hall–Kier alpha value is -0.920. The number of nitriles is 1. The van der Waals surface area contributed by atoms with Gasteiger partial charge in [-0.2, -0.15) is 5.26 Å². The van der Waals surface area contributed by atoms with Crippen molar-refractivity contribution in [2.75, 3.05) is 13.1 Å². The molecule has 0 unspecified atom stereocenters. The molecule has 0 amide bonds. The quantitative estimate of drug-likeness (QED) is 0.837. The summed E-state index contributed by atoms with van der Waals surface area (Å²) in [6, 6.07) is 7.32. The third-order valence-electron chi connectivity index (χ3n) is 3.17. The van der Waals surface area contributed by atoms with Gasteiger partial charge in [-0.15, -0.1) is 0 Å². The first-order valence-corrected chi connectivity index (χ1v) is 6.54. The van der Waals surface area contributed by atoms with Gasteiger partial charge in [-0.1, -0.05) is 15.9 Å². The minimum absolute atomic E-state index is 0.157. The average Bonchev–Trinajstić information content (AvgIpc) is 2.35. The fourth-order valence-electron chi connectivity index (χ4n) is 2.13. The van der Waals surface area contributed by atoms with Gasteiger partial charge in [0.25, 0.3) is 0 Å². The zero-order valence-electron chi connectivity index (χ0n) is 9.50. The number of nitrogens with zero attached hydrogens (tertiary/aromatic N) is 2. The van der Waals surface area contributed by atoms with E-state index in [1.165, 1.54) is 6.07 Å². The molecule has 2 nitrogen and oxygen atoms in total. The van der Waals surface area contributed by atoms with E-state index < -0.39 is 0 Å². The number of likely N-dealkylation sites (tertiary alicyclic amines) is 1. The molecule has 0 saturated carbocycles. The minimum atomic E-state index is -0.157. The van der Waals surface area contributed by atoms with Gasteiger partial charge in [-0.3, -0.25) is 4.90 Å². The molecule has 1 heterocycles. The largest absolute Gasteiger partial charge is 0.299 e. The van der Waals surface area contributed by atoms with Crippen LogP contribution in [-0.4, -0.2) is 18.0 Å². The number of hydrogen-bond acceptors (Lipinski definition) is 2. The van der Waals surface area contributed by atoms with Crippen molar-refractivity contribution in [1.82, 2.24) is 4.90 Å². The highest BCUT2D eigenvalue weighted by Crippen LogP contribution is 2.21. The molecule has 0 radical (unpaired) electrons. The van der Waals surface area contributed by atoms with Gasteiger partial charge in [0.1, 0.15) is 5.82 Å². The van der Waals surface area contributed by atoms with Crippen molar-refractivity contribution in [2.24, 2.45) is 5.92 Å². The molecular weight excluding hydrogens is 283 g/mol. The van der Waals surface area contributed by atoms with Crippen LogP contribution in [0.4, 0.5) is 4.39 Å². The Labute approximate surface area is 109 Å². The Morgan fingerprint density at radius 3 is 2.76 bits per heavy atom. The number of rotatable bonds is 2. The van der Waals surface area contributed by atoms with Crippen molar-refractivity contribution in [3.63, 3.8) is 0 Å². The lowest BCUT2D eigenvalue weighted by molar-refractivity contribution is 0.196. The Kier molecular flexibility index (Phi) is 4.14. The molecule has 0 aliphatic carbocycles. The van der Waals surface area contributed by atoms with Gasteiger partial charge >= 0.3 is 0 Å². The molecular formula is C13H14BrFN2. The Morgan fingerprint density at radius 2 is 2.12 bits per heavy atom. The predicted octanol–water partition coefficient (Wildman–Crippen LogP) is 3.32. The molecule has 0 bridgehead atoms. The monoisotopic (exact) mass is 296 g/mol. The standard InChI is InChI=1S/C13H14BrFN2/c14-12-1-2-13(15)11(7-12)9-17-5-3-10(8-16)4-6-17/h1-2,7,10H,3-6,9H2. The molecule has 1 aliphatic heterocycles. The van der Waals surface area contributed by atoms with Crippen LogP contribution < -0.4 is 0 Å². The third kappa shape index (κ3) is 3.27. The summed E-state index contributed by atoms with van der Waals surface area (Å²) in [5.74, 6) is 0.0224. The van der Waals surface area contributed by atoms with Crippen LogP contribution >= 0.6 is 15.9 Å². The normalized spacial score (nSPS) is 17.9. The van der Waals surface area contributed by atoms with Gasteiger partial charge in [0.15, 0.2) is 0 Å². The number of hydrogen-bond donors (Lipinski definition) is 0. The zero-order chi connectivity index (χ0) is 12.3. The van der Waals surface area contributed by atoms with Crippen LogP contribution in [-0.2, 0) is 6.54 Å². The average molecular weight is 297 g/mol. The highest BCUT2D eigenvalue weighted by molar-refractivity contribution is 9.10. The second-order valence-corrected chi connectivity index (χ2v) is 5.33. The van der Waals surface area contributed by atoms with Crippen LogP contribution in [0.5, 0.6) is 0 Å². The van der Waals surface area contributed by atoms with Crippen LogP contribution in [0.25, 0.3) is 0 Å². The van der Waals surface area contributed by atoms with Crippen LogP contribution in [0.1, 0.15) is 18.4 Å². The second kappa shape index (κ2) is 5.61. The smallest absolute Gasteiger partial charge is 0.127 e. The molecule has 90 valence electrons. The van der Waals surface area contributed by atoms with Crippen molar-refractivity contribution in [3.05, 3.63) is 34.1 Å². The Morgan fingerprint density at radius 1 is 1.41 bits per heavy atom. The summed E-state index contributed by atoms with van der Waals surface area (Å²) in [6.45, 7) is 2.39. The van der Waals surface area contributed by atoms with Crippen molar-refractivity contribution < 1.29 is 4.39 Å². The zero-order valence-corrected chi connectivity index (χ0v) is 11.1. The molecule has 0 aromatic heterocycles. The van der Waals surface area contributed by atoms with E-state index in [9.17, 15) is 4.39 Å². The van der Waals surface area contributed by atoms with E-state index in [1.54, 1.807) is 6.07 Å². The summed E-state index contributed by atoms with van der Waals surface area (Å²) >= 11 is 3.35. The summed E-state index contributed by atoms with van der Waals surface area (Å²) in [4.78, 5) is 2.21. The fourth-order valence-corrected chi connectivity index (χ4v) is 2.53. The maximum atomic E-state index is 13.6. The van der Waals surface area contributed by atoms with Crippen LogP contribution in [0.15, 0.2) is 22.7 Å². The number of halogens is 2. The summed E-state index contributed by atoms with van der Waals surface area (Å²) < 4.78 is 14.5. The number of benzene rings is 1. The van der Waals surface area contributed by atoms with Crippen LogP contribution in [0.3, 0.4) is 0 Å². The molecule has 4 heteroatoms. The summed E-state index contributed by atoms with van der Waals surface area (Å²) in [5.41, 5.74) is 0.717. The molecule has 1 aliphatic rings. The predicted molar refractivity (Wildman–Crippen MR) is 67.7 cm³/mol. The van der Waals surface area contributed by atoms with Crippen molar-refractivity contribution in [3.8, 4) is 6.07 Å². The van der Waals surface area contributed by atoms with Gasteiger partial charge in [-0.25, -0.2) is 4.39 Å². The van der Waals surface area contributed by atoms with E-state index in [0.29, 0.717) is 6.54 Å². The summed E-state index contributed by atoms with van der Waals surface area (Å²) in [6.07, 6.45) is 1.79. The lowest BCUT2D eigenvalue weighted by atomic mass is 9.98. The van der Waals surface area contributed by atoms with E-state index in [2.05, 4.69) is 26.9 Å². The van der Waals surface area contributed by atoms with Gasteiger partial charge in [0.2, 0.25) is 0 Å². The fraction of sp³-hybridized carbons (Fsp3) is 0.462.